The zero-order chi connectivity index (χ0) is 20.6. The third-order valence-corrected chi connectivity index (χ3v) is 6.15. The van der Waals surface area contributed by atoms with Crippen LogP contribution in [0.5, 0.6) is 0 Å². The van der Waals surface area contributed by atoms with Crippen LogP contribution < -0.4 is 10.6 Å². The molecule has 3 rings (SSSR count). The van der Waals surface area contributed by atoms with Crippen molar-refractivity contribution in [3.63, 3.8) is 0 Å². The predicted octanol–water partition coefficient (Wildman–Crippen LogP) is 4.20. The monoisotopic (exact) mass is 416 g/mol. The van der Waals surface area contributed by atoms with E-state index in [4.69, 9.17) is 0 Å². The minimum absolute atomic E-state index is 0.263. The first-order valence-electron chi connectivity index (χ1n) is 9.80. The number of rotatable bonds is 7. The molecule has 5 nitrogen and oxygen atoms in total. The molecule has 1 fully saturated rings. The van der Waals surface area contributed by atoms with Gasteiger partial charge in [0.15, 0.2) is 0 Å². The average molecular weight is 417 g/mol. The molecule has 2 amide bonds. The number of halogens is 1. The second-order valence-corrected chi connectivity index (χ2v) is 8.75. The Morgan fingerprint density at radius 2 is 1.31 bits per heavy atom. The number of nitrogens with one attached hydrogen (secondary N) is 2. The van der Waals surface area contributed by atoms with Gasteiger partial charge in [-0.05, 0) is 60.7 Å². The van der Waals surface area contributed by atoms with E-state index >= 15 is 0 Å². The zero-order valence-electron chi connectivity index (χ0n) is 16.2. The normalized spacial score (nSPS) is 15.5. The minimum atomic E-state index is -1.64. The lowest BCUT2D eigenvalue weighted by molar-refractivity contribution is -0.114. The van der Waals surface area contributed by atoms with E-state index in [-0.39, 0.29) is 11.5 Å². The topological polar surface area (TPSA) is 75.3 Å². The number of hydrogen-bond donors (Lipinski definition) is 2. The summed E-state index contributed by atoms with van der Waals surface area (Å²) < 4.78 is 25.0. The summed E-state index contributed by atoms with van der Waals surface area (Å²) in [6.45, 7) is 0. The first-order chi connectivity index (χ1) is 14.0. The van der Waals surface area contributed by atoms with Crippen molar-refractivity contribution in [3.8, 4) is 0 Å². The van der Waals surface area contributed by atoms with Crippen LogP contribution in [0.2, 0.25) is 0 Å². The Morgan fingerprint density at radius 1 is 0.828 bits per heavy atom. The van der Waals surface area contributed by atoms with Crippen LogP contribution in [0.3, 0.4) is 0 Å². The maximum absolute atomic E-state index is 12.9. The van der Waals surface area contributed by atoms with Crippen LogP contribution in [-0.4, -0.2) is 27.5 Å². The second-order valence-electron chi connectivity index (χ2n) is 7.29. The molecule has 1 saturated carbocycles. The van der Waals surface area contributed by atoms with Crippen molar-refractivity contribution in [1.29, 1.82) is 0 Å². The van der Waals surface area contributed by atoms with Gasteiger partial charge in [-0.2, -0.15) is 0 Å². The molecular weight excluding hydrogens is 391 g/mol. The van der Waals surface area contributed by atoms with Gasteiger partial charge in [0.1, 0.15) is 17.3 Å². The average Bonchev–Trinajstić information content (AvgIpc) is 2.70. The molecule has 1 atom stereocenters. The van der Waals surface area contributed by atoms with Crippen molar-refractivity contribution in [2.75, 3.05) is 22.1 Å². The highest BCUT2D eigenvalue weighted by atomic mass is 32.2. The molecule has 0 heterocycles. The van der Waals surface area contributed by atoms with Gasteiger partial charge in [0.05, 0.1) is 0 Å². The zero-order valence-corrected chi connectivity index (χ0v) is 17.0. The summed E-state index contributed by atoms with van der Waals surface area (Å²) in [7, 11) is -1.64. The molecular formula is C22H25FN2O3S. The Balaban J connectivity index is 1.44. The van der Waals surface area contributed by atoms with Crippen molar-refractivity contribution < 1.29 is 18.2 Å². The van der Waals surface area contributed by atoms with Gasteiger partial charge in [-0.1, -0.05) is 31.4 Å². The number of carbonyl (C=O) groups excluding carboxylic acids is 2. The fraction of sp³-hybridized carbons (Fsp3) is 0.364. The number of benzene rings is 2. The van der Waals surface area contributed by atoms with Crippen LogP contribution in [0.15, 0.2) is 48.5 Å². The molecule has 0 unspecified atom stereocenters. The van der Waals surface area contributed by atoms with Crippen LogP contribution in [0.1, 0.15) is 43.6 Å². The van der Waals surface area contributed by atoms with E-state index in [0.29, 0.717) is 17.3 Å². The highest BCUT2D eigenvalue weighted by molar-refractivity contribution is 7.86. The maximum atomic E-state index is 12.9. The molecule has 0 aliphatic heterocycles. The smallest absolute Gasteiger partial charge is 0.237 e. The van der Waals surface area contributed by atoms with E-state index in [9.17, 15) is 18.2 Å². The summed E-state index contributed by atoms with van der Waals surface area (Å²) in [5.41, 5.74) is 2.36. The van der Waals surface area contributed by atoms with Crippen LogP contribution in [-0.2, 0) is 20.4 Å². The minimum Gasteiger partial charge on any atom is -0.325 e. The summed E-state index contributed by atoms with van der Waals surface area (Å²) in [5.74, 6) is -1.26. The van der Waals surface area contributed by atoms with Crippen LogP contribution in [0, 0.1) is 5.82 Å². The van der Waals surface area contributed by atoms with Crippen LogP contribution >= 0.6 is 0 Å². The Hall–Kier alpha value is -2.54. The fourth-order valence-corrected chi connectivity index (χ4v) is 4.38. The first-order valence-corrected chi connectivity index (χ1v) is 11.3. The summed E-state index contributed by atoms with van der Waals surface area (Å²) in [6, 6.07) is 13.1. The molecule has 0 radical (unpaired) electrons. The Bertz CT molecular complexity index is 863. The molecule has 2 aromatic carbocycles. The lowest BCUT2D eigenvalue weighted by Gasteiger charge is -2.22. The highest BCUT2D eigenvalue weighted by Crippen LogP contribution is 2.32. The van der Waals surface area contributed by atoms with Crippen molar-refractivity contribution >= 4 is 34.0 Å². The molecule has 29 heavy (non-hydrogen) atoms. The van der Waals surface area contributed by atoms with Crippen LogP contribution in [0.25, 0.3) is 0 Å². The van der Waals surface area contributed by atoms with E-state index < -0.39 is 28.4 Å². The molecule has 0 saturated heterocycles. The fourth-order valence-electron chi connectivity index (χ4n) is 3.55. The standard InChI is InChI=1S/C22H25FN2O3S/c23-18-8-12-20(13-9-18)25-22(27)15-29(28)14-21(26)24-19-10-6-17(7-11-19)16-4-2-1-3-5-16/h6-13,16H,1-5,14-15H2,(H,24,26)(H,25,27)/t29-/m1/s1. The summed E-state index contributed by atoms with van der Waals surface area (Å²) in [4.78, 5) is 24.0. The lowest BCUT2D eigenvalue weighted by Crippen LogP contribution is -2.26. The molecule has 0 spiro atoms. The maximum Gasteiger partial charge on any atom is 0.237 e. The van der Waals surface area contributed by atoms with Gasteiger partial charge in [-0.3, -0.25) is 13.8 Å². The van der Waals surface area contributed by atoms with Crippen LogP contribution in [0.4, 0.5) is 15.8 Å². The van der Waals surface area contributed by atoms with Crippen molar-refractivity contribution in [3.05, 3.63) is 59.9 Å². The van der Waals surface area contributed by atoms with E-state index in [1.165, 1.54) is 61.9 Å². The molecule has 0 aromatic heterocycles. The largest absolute Gasteiger partial charge is 0.325 e. The quantitative estimate of drug-likeness (QED) is 0.710. The number of carbonyl (C=O) groups is 2. The lowest BCUT2D eigenvalue weighted by atomic mass is 9.84. The Labute approximate surface area is 172 Å². The molecule has 1 aliphatic carbocycles. The van der Waals surface area contributed by atoms with Gasteiger partial charge >= 0.3 is 0 Å². The molecule has 1 aliphatic rings. The van der Waals surface area contributed by atoms with E-state index in [2.05, 4.69) is 10.6 Å². The van der Waals surface area contributed by atoms with Crippen molar-refractivity contribution in [2.24, 2.45) is 0 Å². The Kier molecular flexibility index (Phi) is 7.52. The molecule has 2 N–H and O–H groups in total. The Morgan fingerprint density at radius 3 is 1.83 bits per heavy atom. The van der Waals surface area contributed by atoms with Crippen molar-refractivity contribution in [1.82, 2.24) is 0 Å². The number of amides is 2. The third kappa shape index (κ3) is 6.78. The van der Waals surface area contributed by atoms with Gasteiger partial charge in [0.25, 0.3) is 0 Å². The first kappa shape index (κ1) is 21.2. The second kappa shape index (κ2) is 10.3. The van der Waals surface area contributed by atoms with Gasteiger partial charge in [0, 0.05) is 22.2 Å². The number of anilines is 2. The molecule has 2 aromatic rings. The number of hydrogen-bond acceptors (Lipinski definition) is 3. The van der Waals surface area contributed by atoms with E-state index in [0.717, 1.165) is 0 Å². The summed E-state index contributed by atoms with van der Waals surface area (Å²) >= 11 is 0. The van der Waals surface area contributed by atoms with Gasteiger partial charge in [-0.15, -0.1) is 0 Å². The SMILES string of the molecule is O=C(C[S@](=O)CC(=O)Nc1ccc(C2CCCCC2)cc1)Nc1ccc(F)cc1. The third-order valence-electron chi connectivity index (χ3n) is 4.98. The molecule has 0 bridgehead atoms. The predicted molar refractivity (Wildman–Crippen MR) is 114 cm³/mol. The van der Waals surface area contributed by atoms with Crippen molar-refractivity contribution in [2.45, 2.75) is 38.0 Å². The highest BCUT2D eigenvalue weighted by Gasteiger charge is 2.16. The van der Waals surface area contributed by atoms with Gasteiger partial charge in [-0.25, -0.2) is 4.39 Å². The van der Waals surface area contributed by atoms with Gasteiger partial charge in [0.2, 0.25) is 11.8 Å². The summed E-state index contributed by atoms with van der Waals surface area (Å²) in [5, 5.41) is 5.26. The molecule has 154 valence electrons. The van der Waals surface area contributed by atoms with E-state index in [1.54, 1.807) is 0 Å². The van der Waals surface area contributed by atoms with E-state index in [1.807, 2.05) is 24.3 Å². The van der Waals surface area contributed by atoms with Gasteiger partial charge < -0.3 is 10.6 Å². The summed E-state index contributed by atoms with van der Waals surface area (Å²) in [6.07, 6.45) is 6.27. The molecule has 7 heteroatoms.